The summed E-state index contributed by atoms with van der Waals surface area (Å²) in [7, 11) is 0. The van der Waals surface area contributed by atoms with Crippen molar-refractivity contribution < 1.29 is 22.7 Å². The van der Waals surface area contributed by atoms with Crippen molar-refractivity contribution in [1.29, 1.82) is 0 Å². The molecule has 0 rings (SSSR count). The van der Waals surface area contributed by atoms with Crippen LogP contribution < -0.4 is 0 Å². The summed E-state index contributed by atoms with van der Waals surface area (Å²) in [6.45, 7) is 5.11. The van der Waals surface area contributed by atoms with Crippen molar-refractivity contribution in [3.8, 4) is 0 Å². The molecule has 0 radical (unpaired) electrons. The Morgan fingerprint density at radius 1 is 1.06 bits per heavy atom. The summed E-state index contributed by atoms with van der Waals surface area (Å²) in [4.78, 5) is 11.8. The average Bonchev–Trinajstić information content (AvgIpc) is 2.30. The van der Waals surface area contributed by atoms with Gasteiger partial charge in [0.15, 0.2) is 5.41 Å². The lowest BCUT2D eigenvalue weighted by Gasteiger charge is -2.32. The van der Waals surface area contributed by atoms with E-state index in [-0.39, 0.29) is 19.4 Å². The summed E-state index contributed by atoms with van der Waals surface area (Å²) in [5.74, 6) is -1.12. The molecule has 1 unspecified atom stereocenters. The lowest BCUT2D eigenvalue weighted by Crippen LogP contribution is -2.45. The van der Waals surface area contributed by atoms with Crippen LogP contribution >= 0.6 is 0 Å². The van der Waals surface area contributed by atoms with Crippen LogP contribution in [-0.4, -0.2) is 18.8 Å². The van der Waals surface area contributed by atoms with E-state index in [4.69, 9.17) is 4.74 Å². The molecule has 0 spiro atoms. The van der Waals surface area contributed by atoms with Crippen LogP contribution in [0.25, 0.3) is 0 Å². The molecule has 0 aliphatic rings. The molecule has 0 amide bonds. The predicted molar refractivity (Wildman–Crippen MR) is 64.2 cm³/mol. The Morgan fingerprint density at radius 3 is 2.06 bits per heavy atom. The third kappa shape index (κ3) is 4.18. The van der Waals surface area contributed by atoms with Crippen molar-refractivity contribution in [2.45, 2.75) is 65.5 Å². The van der Waals surface area contributed by atoms with Gasteiger partial charge in [0.25, 0.3) is 0 Å². The fourth-order valence-electron chi connectivity index (χ4n) is 1.89. The van der Waals surface area contributed by atoms with Crippen molar-refractivity contribution in [3.05, 3.63) is 0 Å². The van der Waals surface area contributed by atoms with Crippen LogP contribution in [0, 0.1) is 5.41 Å². The number of unbranched alkanes of at least 4 members (excludes halogenated alkanes) is 2. The Kier molecular flexibility index (Phi) is 7.33. The van der Waals surface area contributed by atoms with E-state index in [9.17, 15) is 18.0 Å². The Hall–Kier alpha value is -0.740. The number of rotatable bonds is 8. The molecule has 0 saturated carbocycles. The fraction of sp³-hybridized carbons (Fsp3) is 0.923. The molecule has 0 fully saturated rings. The maximum Gasteiger partial charge on any atom is 0.404 e. The van der Waals surface area contributed by atoms with Gasteiger partial charge in [-0.1, -0.05) is 40.0 Å². The number of hydrogen-bond donors (Lipinski definition) is 0. The van der Waals surface area contributed by atoms with Gasteiger partial charge >= 0.3 is 12.1 Å². The lowest BCUT2D eigenvalue weighted by molar-refractivity contribution is -0.238. The Bertz CT molecular complexity index is 251. The van der Waals surface area contributed by atoms with Crippen molar-refractivity contribution in [3.63, 3.8) is 0 Å². The largest absolute Gasteiger partial charge is 0.465 e. The van der Waals surface area contributed by atoms with Gasteiger partial charge in [-0.3, -0.25) is 4.79 Å². The summed E-state index contributed by atoms with van der Waals surface area (Å²) in [5, 5.41) is 0. The van der Waals surface area contributed by atoms with Gasteiger partial charge in [-0.2, -0.15) is 13.2 Å². The molecular weight excluding hydrogens is 245 g/mol. The van der Waals surface area contributed by atoms with Crippen LogP contribution in [0.3, 0.4) is 0 Å². The Balaban J connectivity index is 4.92. The molecule has 1 atom stereocenters. The minimum Gasteiger partial charge on any atom is -0.465 e. The molecule has 0 heterocycles. The zero-order valence-electron chi connectivity index (χ0n) is 11.4. The zero-order chi connectivity index (χ0) is 14.2. The summed E-state index contributed by atoms with van der Waals surface area (Å²) < 4.78 is 44.3. The predicted octanol–water partition coefficient (Wildman–Crippen LogP) is 4.48. The number of carbonyl (C=O) groups excluding carboxylic acids is 1. The maximum atomic E-state index is 13.2. The monoisotopic (exact) mass is 268 g/mol. The standard InChI is InChI=1S/C13H23F3O2/c1-4-7-8-9-12(6-3,13(14,15)16)11(17)18-10-5-2/h4-10H2,1-3H3. The van der Waals surface area contributed by atoms with Crippen molar-refractivity contribution >= 4 is 5.97 Å². The minimum atomic E-state index is -4.54. The molecule has 0 aliphatic heterocycles. The Morgan fingerprint density at radius 2 is 1.67 bits per heavy atom. The first kappa shape index (κ1) is 17.3. The van der Waals surface area contributed by atoms with Crippen LogP contribution in [0.1, 0.15) is 59.3 Å². The van der Waals surface area contributed by atoms with E-state index >= 15 is 0 Å². The zero-order valence-corrected chi connectivity index (χ0v) is 11.4. The molecule has 2 nitrogen and oxygen atoms in total. The first-order valence-corrected chi connectivity index (χ1v) is 6.59. The molecule has 0 saturated heterocycles. The van der Waals surface area contributed by atoms with E-state index in [0.29, 0.717) is 19.3 Å². The molecule has 18 heavy (non-hydrogen) atoms. The van der Waals surface area contributed by atoms with E-state index in [2.05, 4.69) is 0 Å². The number of hydrogen-bond acceptors (Lipinski definition) is 2. The van der Waals surface area contributed by atoms with Crippen LogP contribution in [0.5, 0.6) is 0 Å². The molecule has 0 aliphatic carbocycles. The lowest BCUT2D eigenvalue weighted by atomic mass is 9.79. The van der Waals surface area contributed by atoms with E-state index in [1.165, 1.54) is 6.92 Å². The first-order chi connectivity index (χ1) is 8.35. The number of ether oxygens (including phenoxy) is 1. The highest BCUT2D eigenvalue weighted by Gasteiger charge is 2.59. The van der Waals surface area contributed by atoms with E-state index in [0.717, 1.165) is 6.42 Å². The van der Waals surface area contributed by atoms with E-state index < -0.39 is 17.6 Å². The maximum absolute atomic E-state index is 13.2. The average molecular weight is 268 g/mol. The van der Waals surface area contributed by atoms with Crippen LogP contribution in [0.2, 0.25) is 0 Å². The van der Waals surface area contributed by atoms with Gasteiger partial charge in [-0.05, 0) is 19.3 Å². The highest BCUT2D eigenvalue weighted by atomic mass is 19.4. The van der Waals surface area contributed by atoms with E-state index in [1.807, 2.05) is 6.92 Å². The van der Waals surface area contributed by atoms with Crippen molar-refractivity contribution in [2.75, 3.05) is 6.61 Å². The summed E-state index contributed by atoms with van der Waals surface area (Å²) >= 11 is 0. The second kappa shape index (κ2) is 7.64. The van der Waals surface area contributed by atoms with Crippen molar-refractivity contribution in [1.82, 2.24) is 0 Å². The number of carbonyl (C=O) groups is 1. The van der Waals surface area contributed by atoms with Crippen LogP contribution in [-0.2, 0) is 9.53 Å². The summed E-state index contributed by atoms with van der Waals surface area (Å²) in [6, 6.07) is 0. The Labute approximate surface area is 107 Å². The highest BCUT2D eigenvalue weighted by molar-refractivity contribution is 5.77. The van der Waals surface area contributed by atoms with Crippen LogP contribution in [0.4, 0.5) is 13.2 Å². The third-order valence-electron chi connectivity index (χ3n) is 3.18. The van der Waals surface area contributed by atoms with Gasteiger partial charge < -0.3 is 4.74 Å². The van der Waals surface area contributed by atoms with E-state index in [1.54, 1.807) is 6.92 Å². The molecule has 108 valence electrons. The second-order valence-corrected chi connectivity index (χ2v) is 4.53. The minimum absolute atomic E-state index is 0.0461. The van der Waals surface area contributed by atoms with Gasteiger partial charge in [0.1, 0.15) is 0 Å². The normalized spacial score (nSPS) is 15.2. The van der Waals surface area contributed by atoms with Gasteiger partial charge in [0.05, 0.1) is 6.61 Å². The van der Waals surface area contributed by atoms with Gasteiger partial charge in [0, 0.05) is 0 Å². The SMILES string of the molecule is CCCCCC(CC)(C(=O)OCCC)C(F)(F)F. The first-order valence-electron chi connectivity index (χ1n) is 6.59. The van der Waals surface area contributed by atoms with Gasteiger partial charge in [0.2, 0.25) is 0 Å². The van der Waals surface area contributed by atoms with Crippen LogP contribution in [0.15, 0.2) is 0 Å². The smallest absolute Gasteiger partial charge is 0.404 e. The summed E-state index contributed by atoms with van der Waals surface area (Å²) in [5.41, 5.74) is -2.32. The second-order valence-electron chi connectivity index (χ2n) is 4.53. The fourth-order valence-corrected chi connectivity index (χ4v) is 1.89. The highest BCUT2D eigenvalue weighted by Crippen LogP contribution is 2.46. The topological polar surface area (TPSA) is 26.3 Å². The number of esters is 1. The molecular formula is C13H23F3O2. The molecule has 5 heteroatoms. The number of alkyl halides is 3. The van der Waals surface area contributed by atoms with Gasteiger partial charge in [-0.15, -0.1) is 0 Å². The molecule has 0 aromatic carbocycles. The molecule has 0 aromatic rings. The quantitative estimate of drug-likeness (QED) is 0.479. The number of halogens is 3. The summed E-state index contributed by atoms with van der Waals surface area (Å²) in [6.07, 6.45) is -2.55. The third-order valence-corrected chi connectivity index (χ3v) is 3.18. The molecule has 0 bridgehead atoms. The van der Waals surface area contributed by atoms with Gasteiger partial charge in [-0.25, -0.2) is 0 Å². The van der Waals surface area contributed by atoms with Crippen molar-refractivity contribution in [2.24, 2.45) is 5.41 Å². The molecule has 0 N–H and O–H groups in total. The molecule has 0 aromatic heterocycles.